The number of hydrogen-bond acceptors (Lipinski definition) is 2. The van der Waals surface area contributed by atoms with Crippen LogP contribution in [0.3, 0.4) is 0 Å². The minimum absolute atomic E-state index is 0.278. The maximum absolute atomic E-state index is 4.68. The lowest BCUT2D eigenvalue weighted by atomic mass is 9.84. The molecule has 1 aromatic carbocycles. The van der Waals surface area contributed by atoms with Gasteiger partial charge in [-0.2, -0.15) is 5.10 Å². The molecule has 0 unspecified atom stereocenters. The lowest BCUT2D eigenvalue weighted by Gasteiger charge is -2.23. The smallest absolute Gasteiger partial charge is 0.0708 e. The Hall–Kier alpha value is -1.35. The van der Waals surface area contributed by atoms with Crippen molar-refractivity contribution < 1.29 is 0 Å². The normalized spacial score (nSPS) is 12.2. The minimum Gasteiger partial charge on any atom is -0.320 e. The van der Waals surface area contributed by atoms with E-state index in [0.717, 1.165) is 19.4 Å². The van der Waals surface area contributed by atoms with E-state index in [0.29, 0.717) is 0 Å². The molecule has 1 N–H and O–H groups in total. The SMILES string of the molecule is CNCCC(C)(C)Cc1nn(C)c2ccccc12. The van der Waals surface area contributed by atoms with E-state index in [1.165, 1.54) is 16.6 Å². The van der Waals surface area contributed by atoms with E-state index in [2.05, 4.69) is 48.5 Å². The van der Waals surface area contributed by atoms with Gasteiger partial charge in [0.05, 0.1) is 11.2 Å². The molecule has 0 amide bonds. The molecule has 0 bridgehead atoms. The Morgan fingerprint density at radius 2 is 2.00 bits per heavy atom. The first-order valence-corrected chi connectivity index (χ1v) is 6.59. The minimum atomic E-state index is 0.278. The van der Waals surface area contributed by atoms with Crippen molar-refractivity contribution in [1.82, 2.24) is 15.1 Å². The summed E-state index contributed by atoms with van der Waals surface area (Å²) in [5, 5.41) is 9.20. The summed E-state index contributed by atoms with van der Waals surface area (Å²) in [6.07, 6.45) is 2.18. The number of fused-ring (bicyclic) bond motifs is 1. The van der Waals surface area contributed by atoms with Crippen LogP contribution in [0.25, 0.3) is 10.9 Å². The highest BCUT2D eigenvalue weighted by molar-refractivity contribution is 5.81. The molecule has 2 aromatic rings. The van der Waals surface area contributed by atoms with Gasteiger partial charge >= 0.3 is 0 Å². The van der Waals surface area contributed by atoms with E-state index >= 15 is 0 Å². The Balaban J connectivity index is 2.26. The summed E-state index contributed by atoms with van der Waals surface area (Å²) in [6, 6.07) is 8.46. The number of aryl methyl sites for hydroxylation is 1. The number of aromatic nitrogens is 2. The van der Waals surface area contributed by atoms with Crippen LogP contribution < -0.4 is 5.32 Å². The van der Waals surface area contributed by atoms with Crippen LogP contribution in [-0.4, -0.2) is 23.4 Å². The summed E-state index contributed by atoms with van der Waals surface area (Å²) >= 11 is 0. The molecule has 0 aliphatic rings. The molecule has 3 nitrogen and oxygen atoms in total. The molecule has 0 atom stereocenters. The summed E-state index contributed by atoms with van der Waals surface area (Å²) in [4.78, 5) is 0. The standard InChI is InChI=1S/C15H23N3/c1-15(2,9-10-16-3)11-13-12-7-5-6-8-14(12)18(4)17-13/h5-8,16H,9-11H2,1-4H3. The number of rotatable bonds is 5. The number of benzene rings is 1. The van der Waals surface area contributed by atoms with Gasteiger partial charge in [-0.3, -0.25) is 4.68 Å². The van der Waals surface area contributed by atoms with Gasteiger partial charge in [0.25, 0.3) is 0 Å². The van der Waals surface area contributed by atoms with Gasteiger partial charge < -0.3 is 5.32 Å². The number of nitrogens with zero attached hydrogens (tertiary/aromatic N) is 2. The molecule has 0 saturated heterocycles. The molecule has 18 heavy (non-hydrogen) atoms. The van der Waals surface area contributed by atoms with Gasteiger partial charge in [0.1, 0.15) is 0 Å². The second-order valence-electron chi connectivity index (χ2n) is 5.78. The predicted octanol–water partition coefficient (Wildman–Crippen LogP) is 2.75. The van der Waals surface area contributed by atoms with Crippen molar-refractivity contribution in [1.29, 1.82) is 0 Å². The molecule has 0 spiro atoms. The average molecular weight is 245 g/mol. The zero-order chi connectivity index (χ0) is 13.2. The molecule has 0 aliphatic heterocycles. The molecule has 98 valence electrons. The van der Waals surface area contributed by atoms with Gasteiger partial charge in [-0.15, -0.1) is 0 Å². The average Bonchev–Trinajstić information content (AvgIpc) is 2.64. The van der Waals surface area contributed by atoms with Gasteiger partial charge in [-0.05, 0) is 37.9 Å². The first-order chi connectivity index (χ1) is 8.53. The van der Waals surface area contributed by atoms with E-state index in [1.54, 1.807) is 0 Å². The molecule has 2 rings (SSSR count). The maximum Gasteiger partial charge on any atom is 0.0708 e. The zero-order valence-electron chi connectivity index (χ0n) is 11.8. The molecule has 0 radical (unpaired) electrons. The Morgan fingerprint density at radius 3 is 2.72 bits per heavy atom. The third kappa shape index (κ3) is 2.72. The molecule has 3 heteroatoms. The third-order valence-electron chi connectivity index (χ3n) is 3.53. The molecule has 1 aromatic heterocycles. The Labute approximate surface area is 109 Å². The summed E-state index contributed by atoms with van der Waals surface area (Å²) in [5.41, 5.74) is 2.71. The van der Waals surface area contributed by atoms with Crippen LogP contribution in [0.4, 0.5) is 0 Å². The van der Waals surface area contributed by atoms with Crippen molar-refractivity contribution in [2.45, 2.75) is 26.7 Å². The van der Waals surface area contributed by atoms with Crippen molar-refractivity contribution in [2.75, 3.05) is 13.6 Å². The zero-order valence-corrected chi connectivity index (χ0v) is 11.8. The molecular weight excluding hydrogens is 222 g/mol. The number of hydrogen-bond donors (Lipinski definition) is 1. The first-order valence-electron chi connectivity index (χ1n) is 6.59. The highest BCUT2D eigenvalue weighted by Gasteiger charge is 2.21. The van der Waals surface area contributed by atoms with E-state index in [-0.39, 0.29) is 5.41 Å². The topological polar surface area (TPSA) is 29.9 Å². The molecule has 1 heterocycles. The van der Waals surface area contributed by atoms with Crippen molar-refractivity contribution in [3.05, 3.63) is 30.0 Å². The first kappa shape index (κ1) is 13.1. The van der Waals surface area contributed by atoms with E-state index in [4.69, 9.17) is 0 Å². The Bertz CT molecular complexity index is 526. The number of para-hydroxylation sites is 1. The predicted molar refractivity (Wildman–Crippen MR) is 76.7 cm³/mol. The summed E-state index contributed by atoms with van der Waals surface area (Å²) < 4.78 is 1.98. The summed E-state index contributed by atoms with van der Waals surface area (Å²) in [6.45, 7) is 5.68. The van der Waals surface area contributed by atoms with Crippen LogP contribution in [0.15, 0.2) is 24.3 Å². The maximum atomic E-state index is 4.68. The highest BCUT2D eigenvalue weighted by Crippen LogP contribution is 2.28. The van der Waals surface area contributed by atoms with Crippen molar-refractivity contribution in [3.8, 4) is 0 Å². The fraction of sp³-hybridized carbons (Fsp3) is 0.533. The summed E-state index contributed by atoms with van der Waals surface area (Å²) in [7, 11) is 4.03. The lowest BCUT2D eigenvalue weighted by molar-refractivity contribution is 0.326. The molecular formula is C15H23N3. The highest BCUT2D eigenvalue weighted by atomic mass is 15.3. The summed E-state index contributed by atoms with van der Waals surface area (Å²) in [5.74, 6) is 0. The van der Waals surface area contributed by atoms with Crippen LogP contribution in [-0.2, 0) is 13.5 Å². The van der Waals surface area contributed by atoms with Gasteiger partial charge in [0, 0.05) is 12.4 Å². The second-order valence-corrected chi connectivity index (χ2v) is 5.78. The Kier molecular flexibility index (Phi) is 3.71. The monoisotopic (exact) mass is 245 g/mol. The van der Waals surface area contributed by atoms with E-state index in [9.17, 15) is 0 Å². The molecule has 0 aliphatic carbocycles. The van der Waals surface area contributed by atoms with Crippen LogP contribution in [0.5, 0.6) is 0 Å². The fourth-order valence-corrected chi connectivity index (χ4v) is 2.42. The lowest BCUT2D eigenvalue weighted by Crippen LogP contribution is -2.22. The molecule has 0 saturated carbocycles. The van der Waals surface area contributed by atoms with Crippen LogP contribution in [0.1, 0.15) is 26.0 Å². The number of nitrogens with one attached hydrogen (secondary N) is 1. The van der Waals surface area contributed by atoms with E-state index < -0.39 is 0 Å². The quantitative estimate of drug-likeness (QED) is 0.878. The largest absolute Gasteiger partial charge is 0.320 e. The van der Waals surface area contributed by atoms with Gasteiger partial charge in [0.15, 0.2) is 0 Å². The Morgan fingerprint density at radius 1 is 1.28 bits per heavy atom. The van der Waals surface area contributed by atoms with Gasteiger partial charge in [-0.25, -0.2) is 0 Å². The second kappa shape index (κ2) is 5.11. The van der Waals surface area contributed by atoms with Crippen molar-refractivity contribution in [2.24, 2.45) is 12.5 Å². The van der Waals surface area contributed by atoms with Gasteiger partial charge in [0.2, 0.25) is 0 Å². The van der Waals surface area contributed by atoms with E-state index in [1.807, 2.05) is 18.8 Å². The third-order valence-corrected chi connectivity index (χ3v) is 3.53. The molecule has 0 fully saturated rings. The van der Waals surface area contributed by atoms with Crippen LogP contribution in [0, 0.1) is 5.41 Å². The van der Waals surface area contributed by atoms with Crippen molar-refractivity contribution in [3.63, 3.8) is 0 Å². The van der Waals surface area contributed by atoms with Gasteiger partial charge in [-0.1, -0.05) is 32.0 Å². The van der Waals surface area contributed by atoms with Crippen LogP contribution >= 0.6 is 0 Å². The fourth-order valence-electron chi connectivity index (χ4n) is 2.42. The van der Waals surface area contributed by atoms with Crippen LogP contribution in [0.2, 0.25) is 0 Å². The van der Waals surface area contributed by atoms with Crippen molar-refractivity contribution >= 4 is 10.9 Å².